The summed E-state index contributed by atoms with van der Waals surface area (Å²) in [4.78, 5) is 24.5. The Hall–Kier alpha value is -1.98. The molecule has 4 nitrogen and oxygen atoms in total. The van der Waals surface area contributed by atoms with E-state index in [9.17, 15) is 18.4 Å². The SMILES string of the molecule is O=C(O)CN1CC2(C[C@@H]2F)c2cc(C3(F)CC3)ccc2C1=O. The Bertz CT molecular complexity index is 701. The zero-order valence-corrected chi connectivity index (χ0v) is 11.8. The molecule has 6 heteroatoms. The van der Waals surface area contributed by atoms with E-state index in [0.717, 1.165) is 0 Å². The van der Waals surface area contributed by atoms with E-state index in [4.69, 9.17) is 5.11 Å². The van der Waals surface area contributed by atoms with E-state index < -0.39 is 35.7 Å². The summed E-state index contributed by atoms with van der Waals surface area (Å²) in [6, 6.07) is 4.71. The van der Waals surface area contributed by atoms with Gasteiger partial charge in [-0.15, -0.1) is 0 Å². The number of halogens is 2. The Labute approximate surface area is 125 Å². The van der Waals surface area contributed by atoms with Gasteiger partial charge < -0.3 is 10.0 Å². The van der Waals surface area contributed by atoms with Gasteiger partial charge in [0.15, 0.2) is 0 Å². The summed E-state index contributed by atoms with van der Waals surface area (Å²) in [6.45, 7) is -0.392. The molecule has 1 N–H and O–H groups in total. The average Bonchev–Trinajstić information content (AvgIpc) is 3.35. The van der Waals surface area contributed by atoms with Crippen LogP contribution in [0.3, 0.4) is 0 Å². The second-order valence-corrected chi connectivity index (χ2v) is 6.61. The molecule has 1 amide bonds. The van der Waals surface area contributed by atoms with Gasteiger partial charge in [0.05, 0.1) is 0 Å². The molecule has 2 aliphatic carbocycles. The highest BCUT2D eigenvalue weighted by Gasteiger charge is 2.61. The van der Waals surface area contributed by atoms with Crippen LogP contribution in [0.5, 0.6) is 0 Å². The van der Waals surface area contributed by atoms with Crippen LogP contribution >= 0.6 is 0 Å². The Morgan fingerprint density at radius 1 is 1.41 bits per heavy atom. The fraction of sp³-hybridized carbons (Fsp3) is 0.500. The molecule has 1 aromatic rings. The van der Waals surface area contributed by atoms with Gasteiger partial charge in [0.25, 0.3) is 5.91 Å². The van der Waals surface area contributed by atoms with E-state index in [1.54, 1.807) is 12.1 Å². The minimum atomic E-state index is -1.34. The van der Waals surface area contributed by atoms with Crippen molar-refractivity contribution in [2.45, 2.75) is 36.5 Å². The summed E-state index contributed by atoms with van der Waals surface area (Å²) in [5.74, 6) is -1.54. The van der Waals surface area contributed by atoms with Crippen molar-refractivity contribution in [2.24, 2.45) is 0 Å². The maximum atomic E-state index is 14.3. The van der Waals surface area contributed by atoms with Crippen molar-refractivity contribution in [3.05, 3.63) is 34.9 Å². The summed E-state index contributed by atoms with van der Waals surface area (Å²) < 4.78 is 28.3. The molecule has 1 aliphatic heterocycles. The molecular formula is C16H15F2NO3. The molecule has 0 radical (unpaired) electrons. The molecule has 1 unspecified atom stereocenters. The fourth-order valence-corrected chi connectivity index (χ4v) is 3.48. The van der Waals surface area contributed by atoms with Gasteiger partial charge in [-0.05, 0) is 36.5 Å². The minimum absolute atomic E-state index is 0.0506. The molecule has 22 heavy (non-hydrogen) atoms. The van der Waals surface area contributed by atoms with Crippen LogP contribution in [0.2, 0.25) is 0 Å². The lowest BCUT2D eigenvalue weighted by Gasteiger charge is -2.34. The highest BCUT2D eigenvalue weighted by Crippen LogP contribution is 2.56. The first-order valence-corrected chi connectivity index (χ1v) is 7.35. The summed E-state index contributed by atoms with van der Waals surface area (Å²) in [6.07, 6.45) is 0.0562. The molecule has 0 bridgehead atoms. The standard InChI is InChI=1S/C16H15F2NO3/c17-12-6-15(12)8-19(7-13(20)21)14(22)10-2-1-9(5-11(10)15)16(18)3-4-16/h1-2,5,12H,3-4,6-8H2,(H,20,21)/t12-,15?/m0/s1. The molecular weight excluding hydrogens is 292 g/mol. The molecule has 3 aliphatic rings. The number of carbonyl (C=O) groups excluding carboxylic acids is 1. The second kappa shape index (κ2) is 4.06. The van der Waals surface area contributed by atoms with Crippen LogP contribution in [0.1, 0.15) is 40.7 Å². The van der Waals surface area contributed by atoms with Gasteiger partial charge >= 0.3 is 5.97 Å². The first-order chi connectivity index (χ1) is 10.4. The van der Waals surface area contributed by atoms with Crippen molar-refractivity contribution in [3.8, 4) is 0 Å². The molecule has 2 saturated carbocycles. The van der Waals surface area contributed by atoms with Crippen molar-refractivity contribution in [1.29, 1.82) is 0 Å². The number of benzene rings is 1. The van der Waals surface area contributed by atoms with Gasteiger partial charge in [-0.3, -0.25) is 9.59 Å². The van der Waals surface area contributed by atoms with E-state index in [-0.39, 0.29) is 13.0 Å². The summed E-state index contributed by atoms with van der Waals surface area (Å²) in [5, 5.41) is 8.91. The van der Waals surface area contributed by atoms with Gasteiger partial charge in [0.1, 0.15) is 18.4 Å². The normalized spacial score (nSPS) is 31.1. The van der Waals surface area contributed by atoms with Crippen molar-refractivity contribution in [2.75, 3.05) is 13.1 Å². The highest BCUT2D eigenvalue weighted by molar-refractivity contribution is 5.99. The number of hydrogen-bond donors (Lipinski definition) is 1. The van der Waals surface area contributed by atoms with Crippen molar-refractivity contribution < 1.29 is 23.5 Å². The lowest BCUT2D eigenvalue weighted by molar-refractivity contribution is -0.137. The third-order valence-corrected chi connectivity index (χ3v) is 5.06. The van der Waals surface area contributed by atoms with Gasteiger partial charge in [-0.2, -0.15) is 0 Å². The Kier molecular flexibility index (Phi) is 2.52. The van der Waals surface area contributed by atoms with Crippen LogP contribution < -0.4 is 0 Å². The van der Waals surface area contributed by atoms with Crippen LogP contribution in [0.4, 0.5) is 8.78 Å². The van der Waals surface area contributed by atoms with E-state index in [2.05, 4.69) is 0 Å². The van der Waals surface area contributed by atoms with Crippen LogP contribution in [0.15, 0.2) is 18.2 Å². The number of aliphatic carboxylic acids is 1. The second-order valence-electron chi connectivity index (χ2n) is 6.61. The molecule has 1 aromatic carbocycles. The predicted molar refractivity (Wildman–Crippen MR) is 73.2 cm³/mol. The molecule has 0 saturated heterocycles. The van der Waals surface area contributed by atoms with Crippen molar-refractivity contribution in [3.63, 3.8) is 0 Å². The van der Waals surface area contributed by atoms with E-state index in [0.29, 0.717) is 29.5 Å². The smallest absolute Gasteiger partial charge is 0.323 e. The largest absolute Gasteiger partial charge is 0.480 e. The quantitative estimate of drug-likeness (QED) is 0.931. The zero-order valence-electron chi connectivity index (χ0n) is 11.8. The third-order valence-electron chi connectivity index (χ3n) is 5.06. The topological polar surface area (TPSA) is 57.6 Å². The Balaban J connectivity index is 1.79. The lowest BCUT2D eigenvalue weighted by Crippen LogP contribution is -2.46. The number of carboxylic acids is 1. The molecule has 116 valence electrons. The molecule has 2 atom stereocenters. The van der Waals surface area contributed by atoms with Crippen molar-refractivity contribution >= 4 is 11.9 Å². The third kappa shape index (κ3) is 1.79. The molecule has 2 fully saturated rings. The maximum absolute atomic E-state index is 14.3. The molecule has 0 aromatic heterocycles. The number of rotatable bonds is 3. The molecule has 1 heterocycles. The van der Waals surface area contributed by atoms with Gasteiger partial charge in [0, 0.05) is 17.5 Å². The average molecular weight is 307 g/mol. The van der Waals surface area contributed by atoms with Crippen LogP contribution in [0.25, 0.3) is 0 Å². The predicted octanol–water partition coefficient (Wildman–Crippen LogP) is 2.17. The number of nitrogens with zero attached hydrogens (tertiary/aromatic N) is 1. The van der Waals surface area contributed by atoms with Crippen LogP contribution in [-0.4, -0.2) is 41.1 Å². The number of carboxylic acid groups (broad SMARTS) is 1. The van der Waals surface area contributed by atoms with Crippen molar-refractivity contribution in [1.82, 2.24) is 4.90 Å². The van der Waals surface area contributed by atoms with E-state index in [1.807, 2.05) is 0 Å². The fourth-order valence-electron chi connectivity index (χ4n) is 3.48. The maximum Gasteiger partial charge on any atom is 0.323 e. The first-order valence-electron chi connectivity index (χ1n) is 7.35. The number of carbonyl (C=O) groups is 2. The van der Waals surface area contributed by atoms with Gasteiger partial charge in [-0.1, -0.05) is 12.1 Å². The van der Waals surface area contributed by atoms with Crippen LogP contribution in [0, 0.1) is 0 Å². The van der Waals surface area contributed by atoms with Gasteiger partial charge in [0.2, 0.25) is 0 Å². The van der Waals surface area contributed by atoms with E-state index in [1.165, 1.54) is 11.0 Å². The van der Waals surface area contributed by atoms with Crippen LogP contribution in [-0.2, 0) is 15.9 Å². The molecule has 4 rings (SSSR count). The van der Waals surface area contributed by atoms with Gasteiger partial charge in [-0.25, -0.2) is 8.78 Å². The zero-order chi connectivity index (χ0) is 15.7. The summed E-state index contributed by atoms with van der Waals surface area (Å²) >= 11 is 0. The lowest BCUT2D eigenvalue weighted by atomic mass is 9.84. The Morgan fingerprint density at radius 2 is 2.09 bits per heavy atom. The molecule has 1 spiro atoms. The highest BCUT2D eigenvalue weighted by atomic mass is 19.1. The van der Waals surface area contributed by atoms with E-state index >= 15 is 0 Å². The Morgan fingerprint density at radius 3 is 2.64 bits per heavy atom. The number of amides is 1. The number of alkyl halides is 2. The monoisotopic (exact) mass is 307 g/mol. The number of fused-ring (bicyclic) bond motifs is 2. The summed E-state index contributed by atoms with van der Waals surface area (Å²) in [5.41, 5.74) is -0.823. The first kappa shape index (κ1) is 13.7. The number of hydrogen-bond acceptors (Lipinski definition) is 2. The minimum Gasteiger partial charge on any atom is -0.480 e. The summed E-state index contributed by atoms with van der Waals surface area (Å²) in [7, 11) is 0.